The van der Waals surface area contributed by atoms with Gasteiger partial charge in [-0.3, -0.25) is 9.69 Å². The van der Waals surface area contributed by atoms with Gasteiger partial charge in [0.25, 0.3) is 0 Å². The molecule has 1 amide bonds. The van der Waals surface area contributed by atoms with E-state index in [1.165, 1.54) is 0 Å². The van der Waals surface area contributed by atoms with Crippen molar-refractivity contribution < 1.29 is 9.53 Å². The summed E-state index contributed by atoms with van der Waals surface area (Å²) in [4.78, 5) is 14.3. The Morgan fingerprint density at radius 1 is 1.53 bits per heavy atom. The average Bonchev–Trinajstić information content (AvgIpc) is 2.25. The smallest absolute Gasteiger partial charge is 0.223 e. The Balaban J connectivity index is 1.64. The lowest BCUT2D eigenvalue weighted by Crippen LogP contribution is -2.52. The molecule has 0 aliphatic carbocycles. The molecule has 5 nitrogen and oxygen atoms in total. The lowest BCUT2D eigenvalue weighted by atomic mass is 9.88. The van der Waals surface area contributed by atoms with E-state index in [9.17, 15) is 4.79 Å². The molecule has 0 radical (unpaired) electrons. The molecule has 0 spiro atoms. The first-order valence-corrected chi connectivity index (χ1v) is 7.33. The van der Waals surface area contributed by atoms with Gasteiger partial charge in [0.15, 0.2) is 0 Å². The van der Waals surface area contributed by atoms with Crippen molar-refractivity contribution >= 4 is 5.91 Å². The summed E-state index contributed by atoms with van der Waals surface area (Å²) < 4.78 is 5.68. The van der Waals surface area contributed by atoms with Crippen molar-refractivity contribution in [1.82, 2.24) is 15.5 Å². The molecule has 19 heavy (non-hydrogen) atoms. The van der Waals surface area contributed by atoms with Crippen LogP contribution in [-0.4, -0.2) is 62.3 Å². The third-order valence-electron chi connectivity index (χ3n) is 4.17. The van der Waals surface area contributed by atoms with Crippen molar-refractivity contribution in [2.45, 2.75) is 26.4 Å². The van der Waals surface area contributed by atoms with Gasteiger partial charge in [-0.25, -0.2) is 0 Å². The monoisotopic (exact) mass is 269 g/mol. The van der Waals surface area contributed by atoms with Crippen LogP contribution in [0.3, 0.4) is 0 Å². The van der Waals surface area contributed by atoms with Gasteiger partial charge in [0.1, 0.15) is 0 Å². The van der Waals surface area contributed by atoms with Crippen molar-refractivity contribution in [3.8, 4) is 0 Å². The number of hydrogen-bond donors (Lipinski definition) is 2. The molecule has 2 heterocycles. The molecule has 0 saturated carbocycles. The van der Waals surface area contributed by atoms with E-state index in [0.717, 1.165) is 45.9 Å². The Morgan fingerprint density at radius 3 is 2.84 bits per heavy atom. The van der Waals surface area contributed by atoms with Crippen LogP contribution in [0.5, 0.6) is 0 Å². The highest BCUT2D eigenvalue weighted by Crippen LogP contribution is 2.17. The zero-order valence-electron chi connectivity index (χ0n) is 12.4. The van der Waals surface area contributed by atoms with Crippen molar-refractivity contribution in [1.29, 1.82) is 0 Å². The number of rotatable bonds is 5. The van der Waals surface area contributed by atoms with Crippen LogP contribution in [0, 0.1) is 11.8 Å². The first-order chi connectivity index (χ1) is 8.98. The number of morpholine rings is 1. The zero-order chi connectivity index (χ0) is 13.9. The maximum atomic E-state index is 12.0. The molecule has 1 atom stereocenters. The molecule has 0 aromatic carbocycles. The molecule has 0 bridgehead atoms. The third kappa shape index (κ3) is 4.16. The summed E-state index contributed by atoms with van der Waals surface area (Å²) in [6.45, 7) is 12.5. The number of amides is 1. The second-order valence-electron chi connectivity index (χ2n) is 6.38. The molecular formula is C14H27N3O2. The second-order valence-corrected chi connectivity index (χ2v) is 6.38. The van der Waals surface area contributed by atoms with Gasteiger partial charge in [0, 0.05) is 32.1 Å². The van der Waals surface area contributed by atoms with E-state index in [0.29, 0.717) is 5.92 Å². The van der Waals surface area contributed by atoms with Crippen molar-refractivity contribution in [2.24, 2.45) is 11.8 Å². The molecule has 5 heteroatoms. The quantitative estimate of drug-likeness (QED) is 0.741. The van der Waals surface area contributed by atoms with E-state index in [2.05, 4.69) is 29.4 Å². The molecule has 1 unspecified atom stereocenters. The Bertz CT molecular complexity index is 316. The minimum atomic E-state index is -0.0624. The van der Waals surface area contributed by atoms with Crippen molar-refractivity contribution in [3.63, 3.8) is 0 Å². The maximum absolute atomic E-state index is 12.0. The van der Waals surface area contributed by atoms with Crippen molar-refractivity contribution in [3.05, 3.63) is 0 Å². The van der Waals surface area contributed by atoms with Crippen LogP contribution in [0.25, 0.3) is 0 Å². The van der Waals surface area contributed by atoms with Gasteiger partial charge in [-0.2, -0.15) is 0 Å². The van der Waals surface area contributed by atoms with Gasteiger partial charge in [-0.15, -0.1) is 0 Å². The van der Waals surface area contributed by atoms with Crippen LogP contribution in [-0.2, 0) is 9.53 Å². The number of carbonyl (C=O) groups excluding carboxylic acids is 1. The van der Waals surface area contributed by atoms with Crippen LogP contribution in [0.1, 0.15) is 20.8 Å². The minimum absolute atomic E-state index is 0.0624. The van der Waals surface area contributed by atoms with Crippen LogP contribution in [0.4, 0.5) is 0 Å². The minimum Gasteiger partial charge on any atom is -0.373 e. The summed E-state index contributed by atoms with van der Waals surface area (Å²) >= 11 is 0. The largest absolute Gasteiger partial charge is 0.373 e. The van der Waals surface area contributed by atoms with E-state index < -0.39 is 0 Å². The summed E-state index contributed by atoms with van der Waals surface area (Å²) in [5.74, 6) is 0.837. The van der Waals surface area contributed by atoms with E-state index in [1.807, 2.05) is 6.92 Å². The summed E-state index contributed by atoms with van der Waals surface area (Å²) in [6.07, 6.45) is 0. The Hall–Kier alpha value is -0.650. The van der Waals surface area contributed by atoms with Gasteiger partial charge in [-0.05, 0) is 32.9 Å². The zero-order valence-corrected chi connectivity index (χ0v) is 12.4. The Labute approximate surface area is 116 Å². The topological polar surface area (TPSA) is 53.6 Å². The summed E-state index contributed by atoms with van der Waals surface area (Å²) in [7, 11) is 0. The van der Waals surface area contributed by atoms with Crippen LogP contribution in [0.15, 0.2) is 0 Å². The summed E-state index contributed by atoms with van der Waals surface area (Å²) in [5.41, 5.74) is -0.0624. The molecule has 2 aliphatic heterocycles. The molecule has 2 N–H and O–H groups in total. The average molecular weight is 269 g/mol. The molecule has 2 aliphatic rings. The maximum Gasteiger partial charge on any atom is 0.223 e. The normalized spacial score (nSPS) is 25.6. The lowest BCUT2D eigenvalue weighted by Gasteiger charge is -2.38. The fourth-order valence-corrected chi connectivity index (χ4v) is 2.68. The lowest BCUT2D eigenvalue weighted by molar-refractivity contribution is -0.126. The number of carbonyl (C=O) groups is 1. The molecule has 0 aromatic heterocycles. The van der Waals surface area contributed by atoms with Gasteiger partial charge in [-0.1, -0.05) is 6.92 Å². The third-order valence-corrected chi connectivity index (χ3v) is 4.17. The standard InChI is InChI=1S/C14H27N3O2/c1-11(12-8-15-9-12)13(18)16-4-5-17-6-7-19-14(2,3)10-17/h11-12,15H,4-10H2,1-3H3,(H,16,18). The SMILES string of the molecule is CC(C(=O)NCCN1CCOC(C)(C)C1)C1CNC1. The van der Waals surface area contributed by atoms with Gasteiger partial charge in [0.2, 0.25) is 5.91 Å². The van der Waals surface area contributed by atoms with E-state index >= 15 is 0 Å². The van der Waals surface area contributed by atoms with Crippen LogP contribution < -0.4 is 10.6 Å². The molecule has 2 saturated heterocycles. The highest BCUT2D eigenvalue weighted by atomic mass is 16.5. The second kappa shape index (κ2) is 6.20. The summed E-state index contributed by atoms with van der Waals surface area (Å²) in [5, 5.41) is 6.27. The highest BCUT2D eigenvalue weighted by molar-refractivity contribution is 5.78. The molecule has 0 aromatic rings. The Morgan fingerprint density at radius 2 is 2.26 bits per heavy atom. The predicted octanol–water partition coefficient (Wildman–Crippen LogP) is 0.0689. The first-order valence-electron chi connectivity index (χ1n) is 7.33. The fourth-order valence-electron chi connectivity index (χ4n) is 2.68. The van der Waals surface area contributed by atoms with E-state index in [4.69, 9.17) is 4.74 Å². The van der Waals surface area contributed by atoms with Gasteiger partial charge >= 0.3 is 0 Å². The molecule has 2 fully saturated rings. The highest BCUT2D eigenvalue weighted by Gasteiger charge is 2.29. The molecular weight excluding hydrogens is 242 g/mol. The van der Waals surface area contributed by atoms with E-state index in [-0.39, 0.29) is 17.4 Å². The first kappa shape index (κ1) is 14.8. The van der Waals surface area contributed by atoms with Crippen molar-refractivity contribution in [2.75, 3.05) is 45.9 Å². The molecule has 110 valence electrons. The van der Waals surface area contributed by atoms with E-state index in [1.54, 1.807) is 0 Å². The fraction of sp³-hybridized carbons (Fsp3) is 0.929. The Kier molecular flexibility index (Phi) is 4.81. The molecule has 2 rings (SSSR count). The number of hydrogen-bond acceptors (Lipinski definition) is 4. The number of nitrogens with zero attached hydrogens (tertiary/aromatic N) is 1. The van der Waals surface area contributed by atoms with Crippen LogP contribution in [0.2, 0.25) is 0 Å². The predicted molar refractivity (Wildman–Crippen MR) is 75.0 cm³/mol. The van der Waals surface area contributed by atoms with Gasteiger partial charge < -0.3 is 15.4 Å². The van der Waals surface area contributed by atoms with Gasteiger partial charge in [0.05, 0.1) is 12.2 Å². The number of ether oxygens (including phenoxy) is 1. The van der Waals surface area contributed by atoms with Crippen LogP contribution >= 0.6 is 0 Å². The summed E-state index contributed by atoms with van der Waals surface area (Å²) in [6, 6.07) is 0. The number of nitrogens with one attached hydrogen (secondary N) is 2.